The quantitative estimate of drug-likeness (QED) is 0.743. The van der Waals surface area contributed by atoms with Crippen LogP contribution in [0.3, 0.4) is 0 Å². The van der Waals surface area contributed by atoms with E-state index in [9.17, 15) is 5.11 Å². The molecule has 0 bridgehead atoms. The molecule has 94 valence electrons. The number of piperidine rings is 1. The lowest BCUT2D eigenvalue weighted by Gasteiger charge is -2.41. The van der Waals surface area contributed by atoms with Crippen molar-refractivity contribution in [2.75, 3.05) is 25.4 Å². The largest absolute Gasteiger partial charge is 0.389 e. The van der Waals surface area contributed by atoms with Gasteiger partial charge >= 0.3 is 0 Å². The second kappa shape index (κ2) is 4.87. The van der Waals surface area contributed by atoms with Gasteiger partial charge in [0.15, 0.2) is 0 Å². The molecule has 2 nitrogen and oxygen atoms in total. The lowest BCUT2D eigenvalue weighted by molar-refractivity contribution is -0.0260. The van der Waals surface area contributed by atoms with Crippen molar-refractivity contribution in [2.24, 2.45) is 5.41 Å². The van der Waals surface area contributed by atoms with Crippen molar-refractivity contribution in [3.63, 3.8) is 0 Å². The summed E-state index contributed by atoms with van der Waals surface area (Å²) in [6, 6.07) is 0. The molecule has 0 aromatic carbocycles. The van der Waals surface area contributed by atoms with E-state index in [0.717, 1.165) is 38.2 Å². The Bertz CT molecular complexity index is 236. The van der Waals surface area contributed by atoms with Gasteiger partial charge in [-0.25, -0.2) is 0 Å². The normalized spacial score (nSPS) is 35.4. The van der Waals surface area contributed by atoms with E-state index in [-0.39, 0.29) is 0 Å². The second-order valence-corrected chi connectivity index (χ2v) is 6.49. The molecule has 0 amide bonds. The first-order valence-electron chi connectivity index (χ1n) is 6.61. The van der Waals surface area contributed by atoms with Crippen molar-refractivity contribution in [1.29, 1.82) is 0 Å². The van der Waals surface area contributed by atoms with E-state index in [4.69, 9.17) is 0 Å². The van der Waals surface area contributed by atoms with Gasteiger partial charge in [-0.3, -0.25) is 4.90 Å². The van der Waals surface area contributed by atoms with Gasteiger partial charge in [0.1, 0.15) is 0 Å². The van der Waals surface area contributed by atoms with Gasteiger partial charge in [0, 0.05) is 13.1 Å². The highest BCUT2D eigenvalue weighted by atomic mass is 32.1. The number of hydrogen-bond donors (Lipinski definition) is 2. The molecule has 2 aliphatic rings. The Morgan fingerprint density at radius 3 is 2.44 bits per heavy atom. The molecule has 0 aromatic heterocycles. The van der Waals surface area contributed by atoms with Crippen LogP contribution in [0.5, 0.6) is 0 Å². The van der Waals surface area contributed by atoms with E-state index in [1.807, 2.05) is 6.92 Å². The minimum atomic E-state index is -0.464. The van der Waals surface area contributed by atoms with Crippen LogP contribution in [-0.4, -0.2) is 41.0 Å². The molecule has 2 rings (SSSR count). The first-order chi connectivity index (χ1) is 7.55. The summed E-state index contributed by atoms with van der Waals surface area (Å²) >= 11 is 4.56. The van der Waals surface area contributed by atoms with Crippen LogP contribution in [0, 0.1) is 5.41 Å². The monoisotopic (exact) mass is 243 g/mol. The van der Waals surface area contributed by atoms with Gasteiger partial charge in [0.25, 0.3) is 0 Å². The van der Waals surface area contributed by atoms with E-state index in [1.54, 1.807) is 0 Å². The summed E-state index contributed by atoms with van der Waals surface area (Å²) in [4.78, 5) is 2.46. The van der Waals surface area contributed by atoms with Crippen LogP contribution in [0.4, 0.5) is 0 Å². The maximum absolute atomic E-state index is 10.1. The van der Waals surface area contributed by atoms with Crippen molar-refractivity contribution < 1.29 is 5.11 Å². The first kappa shape index (κ1) is 12.7. The Balaban J connectivity index is 1.93. The summed E-state index contributed by atoms with van der Waals surface area (Å²) in [7, 11) is 0. The molecule has 0 radical (unpaired) electrons. The molecule has 1 heterocycles. The minimum Gasteiger partial charge on any atom is -0.389 e. The van der Waals surface area contributed by atoms with Gasteiger partial charge in [0.05, 0.1) is 5.60 Å². The molecular formula is C13H25NOS. The topological polar surface area (TPSA) is 23.5 Å². The van der Waals surface area contributed by atoms with Crippen LogP contribution in [0.2, 0.25) is 0 Å². The van der Waals surface area contributed by atoms with Crippen molar-refractivity contribution in [1.82, 2.24) is 4.90 Å². The van der Waals surface area contributed by atoms with Gasteiger partial charge in [-0.2, -0.15) is 12.6 Å². The number of rotatable bonds is 3. The Labute approximate surface area is 105 Å². The first-order valence-corrected chi connectivity index (χ1v) is 7.24. The smallest absolute Gasteiger partial charge is 0.0746 e. The molecule has 1 aliphatic heterocycles. The fourth-order valence-electron chi connectivity index (χ4n) is 3.42. The van der Waals surface area contributed by atoms with Crippen molar-refractivity contribution in [3.05, 3.63) is 0 Å². The Kier molecular flexibility index (Phi) is 3.87. The average Bonchev–Trinajstić information content (AvgIpc) is 2.65. The summed E-state index contributed by atoms with van der Waals surface area (Å²) < 4.78 is 0. The van der Waals surface area contributed by atoms with Crippen LogP contribution >= 0.6 is 12.6 Å². The Morgan fingerprint density at radius 2 is 1.88 bits per heavy atom. The lowest BCUT2D eigenvalue weighted by Crippen LogP contribution is -2.49. The van der Waals surface area contributed by atoms with Crippen LogP contribution in [-0.2, 0) is 0 Å². The number of thiol groups is 1. The van der Waals surface area contributed by atoms with Crippen LogP contribution in [0.15, 0.2) is 0 Å². The predicted octanol–water partition coefficient (Wildman–Crippen LogP) is 2.32. The van der Waals surface area contributed by atoms with E-state index < -0.39 is 5.60 Å². The molecule has 1 unspecified atom stereocenters. The highest BCUT2D eigenvalue weighted by Crippen LogP contribution is 2.40. The number of aliphatic hydroxyl groups is 1. The third-order valence-electron chi connectivity index (χ3n) is 4.31. The highest BCUT2D eigenvalue weighted by Gasteiger charge is 2.37. The molecule has 3 heteroatoms. The summed E-state index contributed by atoms with van der Waals surface area (Å²) in [5.41, 5.74) is -0.0226. The van der Waals surface area contributed by atoms with Crippen LogP contribution in [0.1, 0.15) is 45.4 Å². The molecule has 1 saturated heterocycles. The summed E-state index contributed by atoms with van der Waals surface area (Å²) in [6.45, 7) is 5.13. The number of nitrogens with zero attached hydrogens (tertiary/aromatic N) is 1. The molecule has 2 fully saturated rings. The maximum Gasteiger partial charge on any atom is 0.0746 e. The lowest BCUT2D eigenvalue weighted by atomic mass is 9.86. The highest BCUT2D eigenvalue weighted by molar-refractivity contribution is 7.80. The molecule has 1 N–H and O–H groups in total. The van der Waals surface area contributed by atoms with Gasteiger partial charge in [-0.05, 0) is 50.3 Å². The molecule has 1 atom stereocenters. The van der Waals surface area contributed by atoms with Crippen LogP contribution < -0.4 is 0 Å². The fraction of sp³-hybridized carbons (Fsp3) is 1.00. The zero-order valence-electron chi connectivity index (χ0n) is 10.4. The van der Waals surface area contributed by atoms with E-state index in [1.165, 1.54) is 25.7 Å². The maximum atomic E-state index is 10.1. The zero-order chi connectivity index (χ0) is 11.6. The average molecular weight is 243 g/mol. The second-order valence-electron chi connectivity index (χ2n) is 6.18. The molecule has 0 aromatic rings. The fourth-order valence-corrected chi connectivity index (χ4v) is 3.84. The zero-order valence-corrected chi connectivity index (χ0v) is 11.3. The SMILES string of the molecule is CC1(O)CCCN(CC2(CS)CCCC2)C1. The molecule has 1 saturated carbocycles. The predicted molar refractivity (Wildman–Crippen MR) is 71.1 cm³/mol. The third kappa shape index (κ3) is 2.93. The minimum absolute atomic E-state index is 0.441. The number of likely N-dealkylation sites (tertiary alicyclic amines) is 1. The van der Waals surface area contributed by atoms with E-state index in [2.05, 4.69) is 17.5 Å². The molecule has 16 heavy (non-hydrogen) atoms. The van der Waals surface area contributed by atoms with Crippen molar-refractivity contribution in [2.45, 2.75) is 51.0 Å². The Morgan fingerprint density at radius 1 is 1.19 bits per heavy atom. The van der Waals surface area contributed by atoms with Gasteiger partial charge in [-0.1, -0.05) is 12.8 Å². The number of hydrogen-bond acceptors (Lipinski definition) is 3. The summed E-state index contributed by atoms with van der Waals surface area (Å²) in [6.07, 6.45) is 7.48. The van der Waals surface area contributed by atoms with Crippen molar-refractivity contribution in [3.8, 4) is 0 Å². The van der Waals surface area contributed by atoms with E-state index in [0.29, 0.717) is 5.41 Å². The third-order valence-corrected chi connectivity index (χ3v) is 4.98. The molecule has 1 aliphatic carbocycles. The summed E-state index contributed by atoms with van der Waals surface area (Å²) in [5, 5.41) is 10.1. The standard InChI is InChI=1S/C13H25NOS/c1-12(15)5-4-8-14(9-12)10-13(11-16)6-2-3-7-13/h15-16H,2-11H2,1H3. The Hall–Kier alpha value is 0.270. The number of β-amino-alcohol motifs (C(OH)–C–C–N with tert-alkyl or cyclic N) is 1. The van der Waals surface area contributed by atoms with Gasteiger partial charge < -0.3 is 5.11 Å². The van der Waals surface area contributed by atoms with Gasteiger partial charge in [0.2, 0.25) is 0 Å². The van der Waals surface area contributed by atoms with Crippen molar-refractivity contribution >= 4 is 12.6 Å². The summed E-state index contributed by atoms with van der Waals surface area (Å²) in [5.74, 6) is 1.01. The van der Waals surface area contributed by atoms with E-state index >= 15 is 0 Å². The van der Waals surface area contributed by atoms with Crippen LogP contribution in [0.25, 0.3) is 0 Å². The van der Waals surface area contributed by atoms with Gasteiger partial charge in [-0.15, -0.1) is 0 Å². The molecular weight excluding hydrogens is 218 g/mol. The molecule has 0 spiro atoms.